The van der Waals surface area contributed by atoms with Crippen LogP contribution in [-0.4, -0.2) is 16.3 Å². The van der Waals surface area contributed by atoms with Gasteiger partial charge < -0.3 is 4.74 Å². The third-order valence-electron chi connectivity index (χ3n) is 2.96. The number of ether oxygens (including phenoxy) is 1. The van der Waals surface area contributed by atoms with Crippen LogP contribution in [0.25, 0.3) is 10.9 Å². The van der Waals surface area contributed by atoms with E-state index in [0.29, 0.717) is 17.2 Å². The van der Waals surface area contributed by atoms with E-state index in [0.717, 1.165) is 22.9 Å². The largest absolute Gasteiger partial charge is 0.436 e. The average molecular weight is 264 g/mol. The Morgan fingerprint density at radius 1 is 1.10 bits per heavy atom. The van der Waals surface area contributed by atoms with Crippen molar-refractivity contribution in [3.63, 3.8) is 0 Å². The van der Waals surface area contributed by atoms with E-state index in [1.54, 1.807) is 18.3 Å². The number of nitrogens with zero attached hydrogens (tertiary/aromatic N) is 2. The molecule has 0 saturated carbocycles. The summed E-state index contributed by atoms with van der Waals surface area (Å²) in [6.07, 6.45) is 2.32. The van der Waals surface area contributed by atoms with Gasteiger partial charge in [0.05, 0.1) is 5.56 Å². The molecule has 0 saturated heterocycles. The Morgan fingerprint density at radius 3 is 2.85 bits per heavy atom. The van der Waals surface area contributed by atoms with Crippen molar-refractivity contribution in [1.82, 2.24) is 9.97 Å². The maximum atomic E-state index is 11.0. The summed E-state index contributed by atoms with van der Waals surface area (Å²) in [4.78, 5) is 19.6. The number of hydrogen-bond donors (Lipinski definition) is 0. The van der Waals surface area contributed by atoms with Gasteiger partial charge in [0.1, 0.15) is 5.52 Å². The number of aldehydes is 1. The van der Waals surface area contributed by atoms with Crippen LogP contribution < -0.4 is 4.74 Å². The Hall–Kier alpha value is -2.75. The summed E-state index contributed by atoms with van der Waals surface area (Å²) in [7, 11) is 0. The van der Waals surface area contributed by atoms with Crippen LogP contribution in [0.1, 0.15) is 16.1 Å². The first-order valence-electron chi connectivity index (χ1n) is 6.22. The second-order valence-electron chi connectivity index (χ2n) is 4.40. The van der Waals surface area contributed by atoms with Gasteiger partial charge in [0.25, 0.3) is 0 Å². The molecule has 2 heterocycles. The standard InChI is InChI=1S/C16H12N2O2/c1-11-7-8-12-4-2-6-14(15(12)18-11)20-16-13(10-19)5-3-9-17-16/h2-10H,1H3. The molecule has 0 aliphatic rings. The van der Waals surface area contributed by atoms with Crippen molar-refractivity contribution >= 4 is 17.2 Å². The van der Waals surface area contributed by atoms with Crippen molar-refractivity contribution in [1.29, 1.82) is 0 Å². The Bertz CT molecular complexity index is 784. The lowest BCUT2D eigenvalue weighted by Gasteiger charge is -2.09. The van der Waals surface area contributed by atoms with E-state index < -0.39 is 0 Å². The van der Waals surface area contributed by atoms with Crippen LogP contribution in [0.15, 0.2) is 48.7 Å². The molecule has 0 N–H and O–H groups in total. The summed E-state index contributed by atoms with van der Waals surface area (Å²) in [5.74, 6) is 0.881. The van der Waals surface area contributed by atoms with Crippen LogP contribution in [0, 0.1) is 6.92 Å². The number of benzene rings is 1. The summed E-state index contributed by atoms with van der Waals surface area (Å²) in [6.45, 7) is 1.92. The highest BCUT2D eigenvalue weighted by atomic mass is 16.5. The minimum absolute atomic E-state index is 0.290. The molecule has 0 fully saturated rings. The molecule has 3 aromatic rings. The highest BCUT2D eigenvalue weighted by molar-refractivity contribution is 5.85. The maximum Gasteiger partial charge on any atom is 0.229 e. The van der Waals surface area contributed by atoms with Crippen molar-refractivity contribution < 1.29 is 9.53 Å². The first kappa shape index (κ1) is 12.3. The van der Waals surface area contributed by atoms with Gasteiger partial charge in [-0.1, -0.05) is 18.2 Å². The second-order valence-corrected chi connectivity index (χ2v) is 4.40. The normalized spacial score (nSPS) is 10.4. The molecule has 0 atom stereocenters. The third-order valence-corrected chi connectivity index (χ3v) is 2.96. The number of fused-ring (bicyclic) bond motifs is 1. The van der Waals surface area contributed by atoms with Crippen molar-refractivity contribution in [3.05, 3.63) is 59.9 Å². The number of carbonyl (C=O) groups is 1. The van der Waals surface area contributed by atoms with Crippen molar-refractivity contribution in [2.45, 2.75) is 6.92 Å². The number of carbonyl (C=O) groups excluding carboxylic acids is 1. The Labute approximate surface area is 116 Å². The van der Waals surface area contributed by atoms with Crippen LogP contribution >= 0.6 is 0 Å². The molecule has 4 heteroatoms. The number of hydrogen-bond acceptors (Lipinski definition) is 4. The molecule has 0 unspecified atom stereocenters. The van der Waals surface area contributed by atoms with Crippen LogP contribution in [-0.2, 0) is 0 Å². The maximum absolute atomic E-state index is 11.0. The van der Waals surface area contributed by atoms with Crippen LogP contribution in [0.5, 0.6) is 11.6 Å². The lowest BCUT2D eigenvalue weighted by atomic mass is 10.2. The summed E-state index contributed by atoms with van der Waals surface area (Å²) in [5, 5.41) is 0.983. The van der Waals surface area contributed by atoms with Gasteiger partial charge in [-0.05, 0) is 31.2 Å². The molecule has 0 aliphatic heterocycles. The zero-order valence-electron chi connectivity index (χ0n) is 10.9. The predicted octanol–water partition coefficient (Wildman–Crippen LogP) is 3.54. The highest BCUT2D eigenvalue weighted by Crippen LogP contribution is 2.28. The topological polar surface area (TPSA) is 52.1 Å². The molecule has 0 amide bonds. The van der Waals surface area contributed by atoms with E-state index in [1.807, 2.05) is 37.3 Å². The molecule has 1 aromatic carbocycles. The van der Waals surface area contributed by atoms with Gasteiger partial charge in [-0.25, -0.2) is 9.97 Å². The highest BCUT2D eigenvalue weighted by Gasteiger charge is 2.09. The first-order chi connectivity index (χ1) is 9.78. The fourth-order valence-electron chi connectivity index (χ4n) is 1.98. The average Bonchev–Trinajstić information content (AvgIpc) is 2.48. The Kier molecular flexibility index (Phi) is 3.13. The van der Waals surface area contributed by atoms with E-state index >= 15 is 0 Å². The molecular weight excluding hydrogens is 252 g/mol. The van der Waals surface area contributed by atoms with Gasteiger partial charge in [-0.2, -0.15) is 0 Å². The summed E-state index contributed by atoms with van der Waals surface area (Å²) in [5.41, 5.74) is 2.08. The minimum Gasteiger partial charge on any atom is -0.436 e. The summed E-state index contributed by atoms with van der Waals surface area (Å²) < 4.78 is 5.76. The number of aryl methyl sites for hydroxylation is 1. The van der Waals surface area contributed by atoms with Gasteiger partial charge in [0.15, 0.2) is 12.0 Å². The lowest BCUT2D eigenvalue weighted by Crippen LogP contribution is -1.95. The van der Waals surface area contributed by atoms with Gasteiger partial charge >= 0.3 is 0 Å². The monoisotopic (exact) mass is 264 g/mol. The molecule has 3 rings (SSSR count). The van der Waals surface area contributed by atoms with E-state index in [-0.39, 0.29) is 0 Å². The molecule has 0 spiro atoms. The van der Waals surface area contributed by atoms with Crippen molar-refractivity contribution in [2.24, 2.45) is 0 Å². The molecule has 4 nitrogen and oxygen atoms in total. The number of pyridine rings is 2. The molecular formula is C16H12N2O2. The molecule has 2 aromatic heterocycles. The summed E-state index contributed by atoms with van der Waals surface area (Å²) in [6, 6.07) is 13.0. The van der Waals surface area contributed by atoms with E-state index in [4.69, 9.17) is 4.74 Å². The van der Waals surface area contributed by atoms with E-state index in [9.17, 15) is 4.79 Å². The number of rotatable bonds is 3. The lowest BCUT2D eigenvalue weighted by molar-refractivity contribution is 0.112. The molecule has 20 heavy (non-hydrogen) atoms. The van der Waals surface area contributed by atoms with Gasteiger partial charge in [0.2, 0.25) is 5.88 Å². The van der Waals surface area contributed by atoms with E-state index in [1.165, 1.54) is 0 Å². The first-order valence-corrected chi connectivity index (χ1v) is 6.22. The Morgan fingerprint density at radius 2 is 2.00 bits per heavy atom. The zero-order valence-corrected chi connectivity index (χ0v) is 10.9. The quantitative estimate of drug-likeness (QED) is 0.679. The zero-order chi connectivity index (χ0) is 13.9. The van der Waals surface area contributed by atoms with Gasteiger partial charge in [-0.3, -0.25) is 4.79 Å². The molecule has 0 radical (unpaired) electrons. The summed E-state index contributed by atoms with van der Waals surface area (Å²) >= 11 is 0. The van der Waals surface area contributed by atoms with Crippen molar-refractivity contribution in [2.75, 3.05) is 0 Å². The fraction of sp³-hybridized carbons (Fsp3) is 0.0625. The van der Waals surface area contributed by atoms with E-state index in [2.05, 4.69) is 9.97 Å². The van der Waals surface area contributed by atoms with Crippen molar-refractivity contribution in [3.8, 4) is 11.6 Å². The minimum atomic E-state index is 0.290. The van der Waals surface area contributed by atoms with Crippen LogP contribution in [0.4, 0.5) is 0 Å². The molecule has 0 aliphatic carbocycles. The molecule has 0 bridgehead atoms. The van der Waals surface area contributed by atoms with Crippen LogP contribution in [0.2, 0.25) is 0 Å². The van der Waals surface area contributed by atoms with Gasteiger partial charge in [0, 0.05) is 17.3 Å². The fourth-order valence-corrected chi connectivity index (χ4v) is 1.98. The molecule has 98 valence electrons. The smallest absolute Gasteiger partial charge is 0.229 e. The number of aromatic nitrogens is 2. The second kappa shape index (κ2) is 5.09. The van der Waals surface area contributed by atoms with Crippen LogP contribution in [0.3, 0.4) is 0 Å². The van der Waals surface area contributed by atoms with Gasteiger partial charge in [-0.15, -0.1) is 0 Å². The SMILES string of the molecule is Cc1ccc2cccc(Oc3ncccc3C=O)c2n1. The third kappa shape index (κ3) is 2.23. The number of para-hydroxylation sites is 1. The Balaban J connectivity index is 2.11. The predicted molar refractivity (Wildman–Crippen MR) is 76.2 cm³/mol.